The Hall–Kier alpha value is -2.21. The van der Waals surface area contributed by atoms with Crippen LogP contribution in [-0.4, -0.2) is 18.7 Å². The average Bonchev–Trinajstić information content (AvgIpc) is 2.91. The Balaban J connectivity index is 1.74. The SMILES string of the molecule is O=C(COc1ccc(F)cc1)N/N=C\c1ccsc1. The summed E-state index contributed by atoms with van der Waals surface area (Å²) in [5.41, 5.74) is 3.26. The minimum Gasteiger partial charge on any atom is -0.484 e. The van der Waals surface area contributed by atoms with Gasteiger partial charge in [0.05, 0.1) is 6.21 Å². The molecule has 2 rings (SSSR count). The summed E-state index contributed by atoms with van der Waals surface area (Å²) in [5, 5.41) is 7.61. The van der Waals surface area contributed by atoms with Gasteiger partial charge in [0.1, 0.15) is 11.6 Å². The van der Waals surface area contributed by atoms with Crippen molar-refractivity contribution in [3.63, 3.8) is 0 Å². The summed E-state index contributed by atoms with van der Waals surface area (Å²) in [6, 6.07) is 7.33. The fourth-order valence-corrected chi connectivity index (χ4v) is 1.85. The first-order valence-electron chi connectivity index (χ1n) is 5.46. The third-order valence-electron chi connectivity index (χ3n) is 2.13. The van der Waals surface area contributed by atoms with Crippen LogP contribution in [0.2, 0.25) is 0 Å². The van der Waals surface area contributed by atoms with Gasteiger partial charge in [-0.3, -0.25) is 4.79 Å². The normalized spacial score (nSPS) is 10.6. The van der Waals surface area contributed by atoms with Crippen molar-refractivity contribution in [2.45, 2.75) is 0 Å². The number of hydrogen-bond acceptors (Lipinski definition) is 4. The fourth-order valence-electron chi connectivity index (χ4n) is 1.24. The van der Waals surface area contributed by atoms with Gasteiger partial charge in [-0.05, 0) is 41.1 Å². The number of ether oxygens (including phenoxy) is 1. The van der Waals surface area contributed by atoms with E-state index in [4.69, 9.17) is 4.74 Å². The first kappa shape index (κ1) is 13.2. The molecule has 0 aliphatic heterocycles. The highest BCUT2D eigenvalue weighted by Gasteiger charge is 2.01. The fraction of sp³-hybridized carbons (Fsp3) is 0.0769. The van der Waals surface area contributed by atoms with E-state index in [1.807, 2.05) is 16.8 Å². The van der Waals surface area contributed by atoms with Crippen LogP contribution in [0.25, 0.3) is 0 Å². The van der Waals surface area contributed by atoms with Crippen molar-refractivity contribution in [3.8, 4) is 5.75 Å². The first-order chi connectivity index (χ1) is 9.24. The second-order valence-corrected chi connectivity index (χ2v) is 4.37. The van der Waals surface area contributed by atoms with Crippen LogP contribution in [0.4, 0.5) is 4.39 Å². The maximum Gasteiger partial charge on any atom is 0.277 e. The van der Waals surface area contributed by atoms with Crippen LogP contribution >= 0.6 is 11.3 Å². The minimum atomic E-state index is -0.379. The Morgan fingerprint density at radius 1 is 1.37 bits per heavy atom. The van der Waals surface area contributed by atoms with Crippen molar-refractivity contribution in [2.24, 2.45) is 5.10 Å². The lowest BCUT2D eigenvalue weighted by atomic mass is 10.3. The van der Waals surface area contributed by atoms with E-state index < -0.39 is 0 Å². The molecule has 0 unspecified atom stereocenters. The highest BCUT2D eigenvalue weighted by Crippen LogP contribution is 2.10. The van der Waals surface area contributed by atoms with E-state index in [1.54, 1.807) is 17.6 Å². The van der Waals surface area contributed by atoms with Crippen LogP contribution in [0, 0.1) is 5.82 Å². The number of carbonyl (C=O) groups is 1. The van der Waals surface area contributed by atoms with Crippen LogP contribution < -0.4 is 10.2 Å². The van der Waals surface area contributed by atoms with Gasteiger partial charge in [0.25, 0.3) is 5.91 Å². The Morgan fingerprint density at radius 2 is 2.16 bits per heavy atom. The van der Waals surface area contributed by atoms with E-state index in [0.29, 0.717) is 5.75 Å². The Kier molecular flexibility index (Phi) is 4.63. The summed E-state index contributed by atoms with van der Waals surface area (Å²) in [4.78, 5) is 11.4. The quantitative estimate of drug-likeness (QED) is 0.674. The summed E-state index contributed by atoms with van der Waals surface area (Å²) in [7, 11) is 0. The van der Waals surface area contributed by atoms with E-state index in [-0.39, 0.29) is 18.3 Å². The van der Waals surface area contributed by atoms with Crippen molar-refractivity contribution in [3.05, 3.63) is 52.5 Å². The number of hydrogen-bond donors (Lipinski definition) is 1. The molecule has 0 atom stereocenters. The van der Waals surface area contributed by atoms with Gasteiger partial charge >= 0.3 is 0 Å². The van der Waals surface area contributed by atoms with E-state index in [0.717, 1.165) is 5.56 Å². The smallest absolute Gasteiger partial charge is 0.277 e. The van der Waals surface area contributed by atoms with Crippen LogP contribution in [-0.2, 0) is 4.79 Å². The Morgan fingerprint density at radius 3 is 2.84 bits per heavy atom. The first-order valence-corrected chi connectivity index (χ1v) is 6.41. The molecule has 0 fully saturated rings. The molecule has 1 aromatic carbocycles. The molecule has 4 nitrogen and oxygen atoms in total. The lowest BCUT2D eigenvalue weighted by molar-refractivity contribution is -0.123. The van der Waals surface area contributed by atoms with Crippen LogP contribution in [0.15, 0.2) is 46.2 Å². The Labute approximate surface area is 113 Å². The molecule has 0 aliphatic carbocycles. The average molecular weight is 278 g/mol. The number of benzene rings is 1. The summed E-state index contributed by atoms with van der Waals surface area (Å²) >= 11 is 1.55. The van der Waals surface area contributed by atoms with Gasteiger partial charge in [0, 0.05) is 5.56 Å². The van der Waals surface area contributed by atoms with Gasteiger partial charge in [0.2, 0.25) is 0 Å². The molecule has 19 heavy (non-hydrogen) atoms. The number of rotatable bonds is 5. The summed E-state index contributed by atoms with van der Waals surface area (Å²) in [6.07, 6.45) is 1.55. The molecule has 1 aromatic heterocycles. The Bertz CT molecular complexity index is 553. The molecule has 0 bridgehead atoms. The van der Waals surface area contributed by atoms with Gasteiger partial charge in [-0.15, -0.1) is 0 Å². The van der Waals surface area contributed by atoms with Gasteiger partial charge in [0.15, 0.2) is 6.61 Å². The van der Waals surface area contributed by atoms with Crippen molar-refractivity contribution < 1.29 is 13.9 Å². The van der Waals surface area contributed by atoms with Crippen molar-refractivity contribution in [2.75, 3.05) is 6.61 Å². The lowest BCUT2D eigenvalue weighted by Crippen LogP contribution is -2.24. The molecule has 0 radical (unpaired) electrons. The van der Waals surface area contributed by atoms with E-state index in [1.165, 1.54) is 24.3 Å². The van der Waals surface area contributed by atoms with Gasteiger partial charge < -0.3 is 4.74 Å². The van der Waals surface area contributed by atoms with Gasteiger partial charge in [-0.1, -0.05) is 0 Å². The van der Waals surface area contributed by atoms with Crippen LogP contribution in [0.3, 0.4) is 0 Å². The number of halogens is 1. The largest absolute Gasteiger partial charge is 0.484 e. The predicted octanol–water partition coefficient (Wildman–Crippen LogP) is 2.42. The third kappa shape index (κ3) is 4.51. The number of thiophene rings is 1. The summed E-state index contributed by atoms with van der Waals surface area (Å²) in [6.45, 7) is -0.174. The minimum absolute atomic E-state index is 0.174. The number of nitrogens with one attached hydrogen (secondary N) is 1. The van der Waals surface area contributed by atoms with E-state index in [2.05, 4.69) is 10.5 Å². The second-order valence-electron chi connectivity index (χ2n) is 3.59. The standard InChI is InChI=1S/C13H11FN2O2S/c14-11-1-3-12(4-2-11)18-8-13(17)16-15-7-10-5-6-19-9-10/h1-7,9H,8H2,(H,16,17)/b15-7-. The van der Waals surface area contributed by atoms with E-state index in [9.17, 15) is 9.18 Å². The number of nitrogens with zero attached hydrogens (tertiary/aromatic N) is 1. The maximum absolute atomic E-state index is 12.6. The molecule has 1 amide bonds. The monoisotopic (exact) mass is 278 g/mol. The molecule has 1 N–H and O–H groups in total. The molecule has 0 spiro atoms. The molecule has 0 saturated heterocycles. The van der Waals surface area contributed by atoms with E-state index >= 15 is 0 Å². The second kappa shape index (κ2) is 6.65. The van der Waals surface area contributed by atoms with Crippen molar-refractivity contribution in [1.29, 1.82) is 0 Å². The molecule has 1 heterocycles. The summed E-state index contributed by atoms with van der Waals surface area (Å²) in [5.74, 6) is -0.300. The van der Waals surface area contributed by atoms with Crippen molar-refractivity contribution >= 4 is 23.5 Å². The number of carbonyl (C=O) groups excluding carboxylic acids is 1. The topological polar surface area (TPSA) is 50.7 Å². The zero-order valence-electron chi connectivity index (χ0n) is 9.88. The zero-order chi connectivity index (χ0) is 13.5. The maximum atomic E-state index is 12.6. The number of hydrazone groups is 1. The van der Waals surface area contributed by atoms with Gasteiger partial charge in [-0.25, -0.2) is 9.82 Å². The molecule has 6 heteroatoms. The van der Waals surface area contributed by atoms with Gasteiger partial charge in [-0.2, -0.15) is 16.4 Å². The lowest BCUT2D eigenvalue weighted by Gasteiger charge is -2.04. The summed E-state index contributed by atoms with van der Waals surface area (Å²) < 4.78 is 17.8. The van der Waals surface area contributed by atoms with Crippen LogP contribution in [0.1, 0.15) is 5.56 Å². The van der Waals surface area contributed by atoms with Crippen LogP contribution in [0.5, 0.6) is 5.75 Å². The van der Waals surface area contributed by atoms with Crippen molar-refractivity contribution in [1.82, 2.24) is 5.43 Å². The highest BCUT2D eigenvalue weighted by atomic mass is 32.1. The molecule has 0 saturated carbocycles. The predicted molar refractivity (Wildman–Crippen MR) is 72.0 cm³/mol. The molecule has 0 aliphatic rings. The molecule has 98 valence electrons. The molecular formula is C13H11FN2O2S. The zero-order valence-corrected chi connectivity index (χ0v) is 10.7. The third-order valence-corrected chi connectivity index (χ3v) is 2.83. The highest BCUT2D eigenvalue weighted by molar-refractivity contribution is 7.08. The number of amides is 1. The molecular weight excluding hydrogens is 267 g/mol. The molecule has 2 aromatic rings.